The molecular formula is C4H6Br2Se. The zero-order valence-electron chi connectivity index (χ0n) is 3.73. The van der Waals surface area contributed by atoms with Crippen molar-refractivity contribution in [2.75, 3.05) is 0 Å². The molecule has 0 heterocycles. The maximum absolute atomic E-state index is 3.61. The molecule has 0 atom stereocenters. The Bertz CT molecular complexity index is 77.7. The fourth-order valence-electron chi connectivity index (χ4n) is 0.0680. The van der Waals surface area contributed by atoms with Crippen LogP contribution in [-0.2, 0) is 0 Å². The van der Waals surface area contributed by atoms with Gasteiger partial charge in [0.05, 0.1) is 0 Å². The maximum atomic E-state index is 3.61. The first-order valence-electron chi connectivity index (χ1n) is 1.60. The molecule has 0 aromatic carbocycles. The van der Waals surface area contributed by atoms with Crippen LogP contribution in [0.25, 0.3) is 0 Å². The average molecular weight is 293 g/mol. The van der Waals surface area contributed by atoms with Crippen molar-refractivity contribution in [3.8, 4) is 0 Å². The number of halogens is 2. The van der Waals surface area contributed by atoms with E-state index in [-0.39, 0.29) is 0 Å². The molecule has 0 bridgehead atoms. The van der Waals surface area contributed by atoms with Crippen molar-refractivity contribution in [2.45, 2.75) is 0 Å². The molecule has 0 aliphatic carbocycles. The van der Waals surface area contributed by atoms with Crippen molar-refractivity contribution in [3.63, 3.8) is 0 Å². The predicted molar refractivity (Wildman–Crippen MR) is 44.0 cm³/mol. The molecule has 0 saturated heterocycles. The second-order valence-corrected chi connectivity index (χ2v) is 20.2. The van der Waals surface area contributed by atoms with E-state index in [4.69, 9.17) is 0 Å². The van der Waals surface area contributed by atoms with E-state index in [0.717, 1.165) is 0 Å². The summed E-state index contributed by atoms with van der Waals surface area (Å²) >= 11 is 6.83. The molecule has 0 N–H and O–H groups in total. The Labute approximate surface area is 60.3 Å². The van der Waals surface area contributed by atoms with Crippen molar-refractivity contribution in [2.24, 2.45) is 0 Å². The fourth-order valence-corrected chi connectivity index (χ4v) is 0.354. The first-order valence-corrected chi connectivity index (χ1v) is 11.6. The Kier molecular flexibility index (Phi) is 3.50. The van der Waals surface area contributed by atoms with Gasteiger partial charge in [-0.2, -0.15) is 0 Å². The van der Waals surface area contributed by atoms with Gasteiger partial charge in [-0.05, 0) is 0 Å². The molecule has 0 aliphatic heterocycles. The van der Waals surface area contributed by atoms with Crippen LogP contribution in [0.5, 0.6) is 0 Å². The summed E-state index contributed by atoms with van der Waals surface area (Å²) in [6.45, 7) is 7.22. The van der Waals surface area contributed by atoms with E-state index < -0.39 is 9.23 Å². The number of rotatable bonds is 2. The quantitative estimate of drug-likeness (QED) is 0.687. The second kappa shape index (κ2) is 3.08. The van der Waals surface area contributed by atoms with Crippen LogP contribution < -0.4 is 0 Å². The molecule has 0 nitrogen and oxygen atoms in total. The molecule has 7 heavy (non-hydrogen) atoms. The van der Waals surface area contributed by atoms with Crippen molar-refractivity contribution in [1.82, 2.24) is 0 Å². The number of hydrogen-bond acceptors (Lipinski definition) is 0. The van der Waals surface area contributed by atoms with Gasteiger partial charge >= 0.3 is 60.6 Å². The molecule has 42 valence electrons. The van der Waals surface area contributed by atoms with E-state index in [1.165, 1.54) is 0 Å². The normalized spacial score (nSPS) is 12.9. The monoisotopic (exact) mass is 292 g/mol. The van der Waals surface area contributed by atoms with Gasteiger partial charge in [0.15, 0.2) is 0 Å². The summed E-state index contributed by atoms with van der Waals surface area (Å²) in [4.78, 5) is 3.73. The van der Waals surface area contributed by atoms with E-state index >= 15 is 0 Å². The van der Waals surface area contributed by atoms with Gasteiger partial charge in [0, 0.05) is 0 Å². The average Bonchev–Trinajstić information content (AvgIpc) is 1.68. The van der Waals surface area contributed by atoms with Gasteiger partial charge in [-0.15, -0.1) is 0 Å². The van der Waals surface area contributed by atoms with Gasteiger partial charge in [0.2, 0.25) is 0 Å². The summed E-state index contributed by atoms with van der Waals surface area (Å²) in [5.74, 6) is 0. The molecular weight excluding hydrogens is 287 g/mol. The molecule has 0 amide bonds. The van der Waals surface area contributed by atoms with Crippen LogP contribution >= 0.6 is 28.2 Å². The Hall–Kier alpha value is 0.959. The Morgan fingerprint density at radius 1 is 1.14 bits per heavy atom. The first kappa shape index (κ1) is 7.96. The zero-order valence-corrected chi connectivity index (χ0v) is 8.62. The third-order valence-corrected chi connectivity index (χ3v) is 7.80. The van der Waals surface area contributed by atoms with Gasteiger partial charge in [-0.25, -0.2) is 0 Å². The van der Waals surface area contributed by atoms with Crippen molar-refractivity contribution in [1.29, 1.82) is 0 Å². The van der Waals surface area contributed by atoms with Gasteiger partial charge < -0.3 is 0 Å². The topological polar surface area (TPSA) is 0 Å². The fraction of sp³-hybridized carbons (Fsp3) is 0. The van der Waals surface area contributed by atoms with Crippen molar-refractivity contribution in [3.05, 3.63) is 23.1 Å². The van der Waals surface area contributed by atoms with Crippen LogP contribution in [-0.4, -0.2) is 9.23 Å². The molecule has 0 saturated carbocycles. The Morgan fingerprint density at radius 2 is 1.43 bits per heavy atom. The van der Waals surface area contributed by atoms with Gasteiger partial charge in [0.25, 0.3) is 0 Å². The van der Waals surface area contributed by atoms with Crippen molar-refractivity contribution >= 4 is 37.4 Å². The third-order valence-electron chi connectivity index (χ3n) is 0.444. The van der Waals surface area contributed by atoms with E-state index in [0.29, 0.717) is 0 Å². The van der Waals surface area contributed by atoms with E-state index in [1.54, 1.807) is 0 Å². The molecule has 0 aliphatic rings. The summed E-state index contributed by atoms with van der Waals surface area (Å²) in [5, 5.41) is 0. The molecule has 3 heteroatoms. The molecule has 0 aromatic rings. The zero-order chi connectivity index (χ0) is 5.91. The van der Waals surface area contributed by atoms with E-state index in [2.05, 4.69) is 41.4 Å². The Balaban J connectivity index is 3.82. The van der Waals surface area contributed by atoms with Gasteiger partial charge in [-0.3, -0.25) is 0 Å². The molecule has 0 radical (unpaired) electrons. The first-order chi connectivity index (χ1) is 3.12. The summed E-state index contributed by atoms with van der Waals surface area (Å²) in [6.07, 6.45) is 0. The van der Waals surface area contributed by atoms with Crippen LogP contribution in [0.2, 0.25) is 0 Å². The minimum atomic E-state index is -1.65. The summed E-state index contributed by atoms with van der Waals surface area (Å²) in [5.41, 5.74) is 0. The minimum absolute atomic E-state index is 1.65. The molecule has 0 fully saturated rings. The summed E-state index contributed by atoms with van der Waals surface area (Å²) < 4.78 is 0. The molecule has 0 aromatic heterocycles. The van der Waals surface area contributed by atoms with E-state index in [9.17, 15) is 0 Å². The molecule has 0 unspecified atom stereocenters. The number of hydrogen-bond donors (Lipinski definition) is 0. The molecule has 0 spiro atoms. The van der Waals surface area contributed by atoms with Gasteiger partial charge in [-0.1, -0.05) is 0 Å². The van der Waals surface area contributed by atoms with E-state index in [1.807, 2.05) is 9.95 Å². The summed E-state index contributed by atoms with van der Waals surface area (Å²) in [7, 11) is -1.65. The van der Waals surface area contributed by atoms with Gasteiger partial charge in [0.1, 0.15) is 0 Å². The SMILES string of the molecule is C=C[Se](Br)(Br)C=C. The van der Waals surface area contributed by atoms with Crippen LogP contribution in [0.1, 0.15) is 0 Å². The summed E-state index contributed by atoms with van der Waals surface area (Å²) in [6, 6.07) is 0. The molecule has 0 rings (SSSR count). The Morgan fingerprint density at radius 3 is 1.43 bits per heavy atom. The standard InChI is InChI=1S/C4H6Br2Se/c1-3-7(5,6)4-2/h3-4H,1-2H2. The van der Waals surface area contributed by atoms with Crippen LogP contribution in [0.3, 0.4) is 0 Å². The predicted octanol–water partition coefficient (Wildman–Crippen LogP) is 2.67. The van der Waals surface area contributed by atoms with Crippen LogP contribution in [0.15, 0.2) is 23.1 Å². The third kappa shape index (κ3) is 3.53. The van der Waals surface area contributed by atoms with Crippen LogP contribution in [0.4, 0.5) is 0 Å². The second-order valence-electron chi connectivity index (χ2n) is 0.884. The van der Waals surface area contributed by atoms with Crippen molar-refractivity contribution < 1.29 is 0 Å². The van der Waals surface area contributed by atoms with Crippen LogP contribution in [0, 0.1) is 0 Å².